The Balaban J connectivity index is 2.31. The topological polar surface area (TPSA) is 64.1 Å². The molecule has 2 aromatic rings. The molecule has 2 rings (SSSR count). The maximum atomic E-state index is 9.92. The Kier molecular flexibility index (Phi) is 2.32. The number of hydrogen-bond acceptors (Lipinski definition) is 4. The third kappa shape index (κ3) is 1.42. The van der Waals surface area contributed by atoms with Crippen molar-refractivity contribution >= 4 is 0 Å². The molecule has 1 atom stereocenters. The number of furan rings is 1. The zero-order valence-electron chi connectivity index (χ0n) is 7.79. The Labute approximate surface area is 81.0 Å². The minimum Gasteiger partial charge on any atom is -0.472 e. The summed E-state index contributed by atoms with van der Waals surface area (Å²) in [6.07, 6.45) is 3.88. The highest BCUT2D eigenvalue weighted by molar-refractivity contribution is 5.19. The monoisotopic (exact) mass is 193 g/mol. The van der Waals surface area contributed by atoms with Crippen LogP contribution in [0.5, 0.6) is 0 Å². The molecular weight excluding hydrogens is 182 g/mol. The van der Waals surface area contributed by atoms with Gasteiger partial charge in [-0.25, -0.2) is 4.68 Å². The van der Waals surface area contributed by atoms with Crippen LogP contribution in [-0.4, -0.2) is 20.1 Å². The first-order valence-corrected chi connectivity index (χ1v) is 4.41. The van der Waals surface area contributed by atoms with E-state index in [1.165, 1.54) is 12.5 Å². The highest BCUT2D eigenvalue weighted by Crippen LogP contribution is 2.20. The molecule has 0 aromatic carbocycles. The van der Waals surface area contributed by atoms with Crippen molar-refractivity contribution in [2.45, 2.75) is 19.6 Å². The Morgan fingerprint density at radius 3 is 3.14 bits per heavy atom. The summed E-state index contributed by atoms with van der Waals surface area (Å²) >= 11 is 0. The van der Waals surface area contributed by atoms with Crippen LogP contribution in [0.2, 0.25) is 0 Å². The summed E-state index contributed by atoms with van der Waals surface area (Å²) in [5.41, 5.74) is 1.39. The van der Waals surface area contributed by atoms with Crippen LogP contribution < -0.4 is 0 Å². The second-order valence-corrected chi connectivity index (χ2v) is 2.93. The van der Waals surface area contributed by atoms with E-state index in [9.17, 15) is 5.11 Å². The Bertz CT molecular complexity index is 394. The van der Waals surface area contributed by atoms with Gasteiger partial charge in [-0.15, -0.1) is 5.10 Å². The van der Waals surface area contributed by atoms with Gasteiger partial charge >= 0.3 is 0 Å². The normalized spacial score (nSPS) is 13.0. The first-order valence-electron chi connectivity index (χ1n) is 4.41. The van der Waals surface area contributed by atoms with E-state index in [4.69, 9.17) is 4.42 Å². The molecule has 0 spiro atoms. The number of hydrogen-bond donors (Lipinski definition) is 1. The van der Waals surface area contributed by atoms with E-state index < -0.39 is 6.10 Å². The standard InChI is InChI=1S/C9H11N3O2/c1-2-12-8(5-10-11-12)9(13)7-3-4-14-6-7/h3-6,9,13H,2H2,1H3. The maximum absolute atomic E-state index is 9.92. The molecule has 2 aromatic heterocycles. The van der Waals surface area contributed by atoms with Gasteiger partial charge in [0.1, 0.15) is 6.10 Å². The van der Waals surface area contributed by atoms with Crippen molar-refractivity contribution in [3.63, 3.8) is 0 Å². The molecular formula is C9H11N3O2. The first-order chi connectivity index (χ1) is 6.83. The molecule has 5 nitrogen and oxygen atoms in total. The molecule has 5 heteroatoms. The average molecular weight is 193 g/mol. The van der Waals surface area contributed by atoms with E-state index in [0.29, 0.717) is 17.8 Å². The molecule has 2 heterocycles. The smallest absolute Gasteiger partial charge is 0.125 e. The largest absolute Gasteiger partial charge is 0.472 e. The van der Waals surface area contributed by atoms with Crippen molar-refractivity contribution in [1.29, 1.82) is 0 Å². The molecule has 0 aliphatic carbocycles. The summed E-state index contributed by atoms with van der Waals surface area (Å²) in [5.74, 6) is 0. The number of aryl methyl sites for hydroxylation is 1. The van der Waals surface area contributed by atoms with Crippen LogP contribution >= 0.6 is 0 Å². The number of nitrogens with zero attached hydrogens (tertiary/aromatic N) is 3. The van der Waals surface area contributed by atoms with E-state index in [-0.39, 0.29) is 0 Å². The molecule has 1 N–H and O–H groups in total. The van der Waals surface area contributed by atoms with Gasteiger partial charge in [0, 0.05) is 12.1 Å². The molecule has 0 saturated heterocycles. The molecule has 0 amide bonds. The molecule has 0 saturated carbocycles. The minimum atomic E-state index is -0.719. The van der Waals surface area contributed by atoms with Crippen LogP contribution in [0.4, 0.5) is 0 Å². The molecule has 1 unspecified atom stereocenters. The lowest BCUT2D eigenvalue weighted by molar-refractivity contribution is 0.207. The number of rotatable bonds is 3. The molecule has 0 radical (unpaired) electrons. The highest BCUT2D eigenvalue weighted by Gasteiger charge is 2.16. The third-order valence-electron chi connectivity index (χ3n) is 2.09. The second-order valence-electron chi connectivity index (χ2n) is 2.93. The van der Waals surface area contributed by atoms with Crippen molar-refractivity contribution in [2.24, 2.45) is 0 Å². The van der Waals surface area contributed by atoms with Crippen molar-refractivity contribution < 1.29 is 9.52 Å². The summed E-state index contributed by atoms with van der Waals surface area (Å²) in [6, 6.07) is 1.72. The lowest BCUT2D eigenvalue weighted by atomic mass is 10.1. The Morgan fingerprint density at radius 2 is 2.50 bits per heavy atom. The predicted octanol–water partition coefficient (Wildman–Crippen LogP) is 0.973. The van der Waals surface area contributed by atoms with Crippen LogP contribution in [0.1, 0.15) is 24.3 Å². The molecule has 0 aliphatic rings. The first kappa shape index (κ1) is 8.96. The fourth-order valence-electron chi connectivity index (χ4n) is 1.32. The van der Waals surface area contributed by atoms with Gasteiger partial charge in [0.15, 0.2) is 0 Å². The molecule has 0 aliphatic heterocycles. The lowest BCUT2D eigenvalue weighted by Gasteiger charge is -2.08. The lowest BCUT2D eigenvalue weighted by Crippen LogP contribution is -2.08. The van der Waals surface area contributed by atoms with Crippen LogP contribution in [0.15, 0.2) is 29.2 Å². The summed E-state index contributed by atoms with van der Waals surface area (Å²) in [4.78, 5) is 0. The highest BCUT2D eigenvalue weighted by atomic mass is 16.3. The zero-order valence-corrected chi connectivity index (χ0v) is 7.79. The summed E-state index contributed by atoms with van der Waals surface area (Å²) in [7, 11) is 0. The average Bonchev–Trinajstić information content (AvgIpc) is 2.87. The zero-order chi connectivity index (χ0) is 9.97. The summed E-state index contributed by atoms with van der Waals surface area (Å²) in [6.45, 7) is 2.63. The van der Waals surface area contributed by atoms with Crippen molar-refractivity contribution in [3.05, 3.63) is 36.0 Å². The number of aliphatic hydroxyl groups is 1. The van der Waals surface area contributed by atoms with Crippen molar-refractivity contribution in [1.82, 2.24) is 15.0 Å². The number of aliphatic hydroxyl groups excluding tert-OH is 1. The van der Waals surface area contributed by atoms with E-state index in [2.05, 4.69) is 10.3 Å². The van der Waals surface area contributed by atoms with E-state index in [1.807, 2.05) is 6.92 Å². The third-order valence-corrected chi connectivity index (χ3v) is 2.09. The van der Waals surface area contributed by atoms with Crippen molar-refractivity contribution in [2.75, 3.05) is 0 Å². The Morgan fingerprint density at radius 1 is 1.64 bits per heavy atom. The predicted molar refractivity (Wildman–Crippen MR) is 48.5 cm³/mol. The van der Waals surface area contributed by atoms with Crippen molar-refractivity contribution in [3.8, 4) is 0 Å². The van der Waals surface area contributed by atoms with Crippen LogP contribution in [-0.2, 0) is 6.54 Å². The SMILES string of the molecule is CCn1nncc1C(O)c1ccoc1. The van der Waals surface area contributed by atoms with Gasteiger partial charge in [-0.1, -0.05) is 5.21 Å². The van der Waals surface area contributed by atoms with Crippen LogP contribution in [0, 0.1) is 0 Å². The van der Waals surface area contributed by atoms with E-state index in [1.54, 1.807) is 16.9 Å². The van der Waals surface area contributed by atoms with E-state index in [0.717, 1.165) is 0 Å². The molecule has 0 fully saturated rings. The van der Waals surface area contributed by atoms with Gasteiger partial charge in [0.2, 0.25) is 0 Å². The summed E-state index contributed by atoms with van der Waals surface area (Å²) < 4.78 is 6.55. The minimum absolute atomic E-state index is 0.675. The van der Waals surface area contributed by atoms with Gasteiger partial charge < -0.3 is 9.52 Å². The Hall–Kier alpha value is -1.62. The van der Waals surface area contributed by atoms with Crippen LogP contribution in [0.25, 0.3) is 0 Å². The molecule has 74 valence electrons. The van der Waals surface area contributed by atoms with Gasteiger partial charge in [-0.2, -0.15) is 0 Å². The maximum Gasteiger partial charge on any atom is 0.125 e. The van der Waals surface area contributed by atoms with Gasteiger partial charge in [-0.05, 0) is 13.0 Å². The van der Waals surface area contributed by atoms with Gasteiger partial charge in [-0.3, -0.25) is 0 Å². The second kappa shape index (κ2) is 3.63. The molecule has 14 heavy (non-hydrogen) atoms. The van der Waals surface area contributed by atoms with Crippen LogP contribution in [0.3, 0.4) is 0 Å². The fraction of sp³-hybridized carbons (Fsp3) is 0.333. The van der Waals surface area contributed by atoms with Gasteiger partial charge in [0.05, 0.1) is 24.4 Å². The fourth-order valence-corrected chi connectivity index (χ4v) is 1.32. The summed E-state index contributed by atoms with van der Waals surface area (Å²) in [5, 5.41) is 17.5. The molecule has 0 bridgehead atoms. The van der Waals surface area contributed by atoms with Gasteiger partial charge in [0.25, 0.3) is 0 Å². The quantitative estimate of drug-likeness (QED) is 0.788. The van der Waals surface area contributed by atoms with E-state index >= 15 is 0 Å². The number of aromatic nitrogens is 3.